The van der Waals surface area contributed by atoms with Crippen LogP contribution >= 0.6 is 0 Å². The van der Waals surface area contributed by atoms with Crippen LogP contribution in [0.2, 0.25) is 0 Å². The molecule has 0 aliphatic carbocycles. The van der Waals surface area contributed by atoms with E-state index in [1.807, 2.05) is 62.1 Å². The van der Waals surface area contributed by atoms with Crippen molar-refractivity contribution < 1.29 is 13.9 Å². The van der Waals surface area contributed by atoms with E-state index in [0.717, 1.165) is 27.7 Å². The minimum atomic E-state index is -0.567. The van der Waals surface area contributed by atoms with Crippen LogP contribution in [0.4, 0.5) is 4.39 Å². The standard InChI is InChI=1S/C29H26FN5O2/c1-17-12-20(13-28(30)34-17)15-32-29(36)22-6-5-7-26(18(22)2)37-27-10-11-31-25-14-21(8-9-23(25)27)24-16-33-35(4)19(24)3/h5-14,16H,15H2,1-4H3,(H,32,36). The van der Waals surface area contributed by atoms with Gasteiger partial charge in [0.05, 0.1) is 11.7 Å². The van der Waals surface area contributed by atoms with E-state index in [2.05, 4.69) is 20.4 Å². The van der Waals surface area contributed by atoms with Crippen LogP contribution in [0.15, 0.2) is 67.0 Å². The monoisotopic (exact) mass is 495 g/mol. The molecule has 1 amide bonds. The highest BCUT2D eigenvalue weighted by molar-refractivity contribution is 5.96. The van der Waals surface area contributed by atoms with Crippen molar-refractivity contribution >= 4 is 16.8 Å². The second-order valence-electron chi connectivity index (χ2n) is 8.96. The third-order valence-corrected chi connectivity index (χ3v) is 6.43. The van der Waals surface area contributed by atoms with Crippen LogP contribution in [0.25, 0.3) is 22.0 Å². The number of rotatable bonds is 6. The molecule has 0 radical (unpaired) electrons. The Bertz CT molecular complexity index is 1620. The van der Waals surface area contributed by atoms with Crippen molar-refractivity contribution in [1.82, 2.24) is 25.1 Å². The van der Waals surface area contributed by atoms with Crippen molar-refractivity contribution in [2.45, 2.75) is 27.3 Å². The number of hydrogen-bond acceptors (Lipinski definition) is 5. The van der Waals surface area contributed by atoms with Crippen molar-refractivity contribution in [3.8, 4) is 22.6 Å². The molecule has 3 aromatic heterocycles. The Balaban J connectivity index is 1.39. The quantitative estimate of drug-likeness (QED) is 0.300. The van der Waals surface area contributed by atoms with Crippen molar-refractivity contribution in [1.29, 1.82) is 0 Å². The van der Waals surface area contributed by atoms with E-state index in [9.17, 15) is 9.18 Å². The fourth-order valence-electron chi connectivity index (χ4n) is 4.33. The lowest BCUT2D eigenvalue weighted by Gasteiger charge is -2.14. The molecule has 0 saturated carbocycles. The Morgan fingerprint density at radius 3 is 2.65 bits per heavy atom. The van der Waals surface area contributed by atoms with E-state index in [-0.39, 0.29) is 12.5 Å². The molecule has 1 N–H and O–H groups in total. The Hall–Kier alpha value is -4.59. The number of nitrogens with zero attached hydrogens (tertiary/aromatic N) is 4. The van der Waals surface area contributed by atoms with E-state index >= 15 is 0 Å². The third-order valence-electron chi connectivity index (χ3n) is 6.43. The second kappa shape index (κ2) is 9.81. The molecule has 5 rings (SSSR count). The summed E-state index contributed by atoms with van der Waals surface area (Å²) in [6.07, 6.45) is 3.56. The maximum Gasteiger partial charge on any atom is 0.251 e. The number of amides is 1. The van der Waals surface area contributed by atoms with E-state index < -0.39 is 5.95 Å². The van der Waals surface area contributed by atoms with Gasteiger partial charge in [0.15, 0.2) is 0 Å². The Labute approximate surface area is 214 Å². The summed E-state index contributed by atoms with van der Waals surface area (Å²) in [6.45, 7) is 5.77. The highest BCUT2D eigenvalue weighted by atomic mass is 19.1. The molecule has 186 valence electrons. The first-order chi connectivity index (χ1) is 17.8. The van der Waals surface area contributed by atoms with Gasteiger partial charge in [-0.1, -0.05) is 12.1 Å². The predicted octanol–water partition coefficient (Wildman–Crippen LogP) is 5.82. The molecule has 8 heteroatoms. The van der Waals surface area contributed by atoms with Gasteiger partial charge in [0, 0.05) is 53.3 Å². The summed E-state index contributed by atoms with van der Waals surface area (Å²) in [7, 11) is 1.92. The number of nitrogens with one attached hydrogen (secondary N) is 1. The molecule has 0 spiro atoms. The molecule has 7 nitrogen and oxygen atoms in total. The van der Waals surface area contributed by atoms with Crippen LogP contribution < -0.4 is 10.1 Å². The van der Waals surface area contributed by atoms with E-state index in [0.29, 0.717) is 33.9 Å². The van der Waals surface area contributed by atoms with Gasteiger partial charge in [0.25, 0.3) is 5.91 Å². The zero-order valence-electron chi connectivity index (χ0n) is 21.0. The number of aryl methyl sites for hydroxylation is 2. The van der Waals surface area contributed by atoms with E-state index in [4.69, 9.17) is 4.74 Å². The predicted molar refractivity (Wildman–Crippen MR) is 140 cm³/mol. The fraction of sp³-hybridized carbons (Fsp3) is 0.172. The van der Waals surface area contributed by atoms with Gasteiger partial charge >= 0.3 is 0 Å². The molecule has 0 bridgehead atoms. The lowest BCUT2D eigenvalue weighted by molar-refractivity contribution is 0.0950. The molecule has 2 aromatic carbocycles. The van der Waals surface area contributed by atoms with Crippen LogP contribution in [-0.4, -0.2) is 25.7 Å². The summed E-state index contributed by atoms with van der Waals surface area (Å²) in [5.41, 5.74) is 6.33. The molecule has 3 heterocycles. The molecule has 0 unspecified atom stereocenters. The van der Waals surface area contributed by atoms with Gasteiger partial charge in [-0.15, -0.1) is 0 Å². The Kier molecular flexibility index (Phi) is 6.40. The highest BCUT2D eigenvalue weighted by Crippen LogP contribution is 2.34. The van der Waals surface area contributed by atoms with Crippen LogP contribution in [-0.2, 0) is 13.6 Å². The minimum Gasteiger partial charge on any atom is -0.456 e. The third kappa shape index (κ3) is 4.91. The van der Waals surface area contributed by atoms with Crippen molar-refractivity contribution in [2.24, 2.45) is 7.05 Å². The average molecular weight is 496 g/mol. The van der Waals surface area contributed by atoms with Crippen molar-refractivity contribution in [2.75, 3.05) is 0 Å². The summed E-state index contributed by atoms with van der Waals surface area (Å²) in [5, 5.41) is 8.05. The maximum absolute atomic E-state index is 13.6. The number of fused-ring (bicyclic) bond motifs is 1. The SMILES string of the molecule is Cc1cc(CNC(=O)c2cccc(Oc3ccnc4cc(-c5cnn(C)c5C)ccc34)c2C)cc(F)n1. The molecule has 0 aliphatic rings. The van der Waals surface area contributed by atoms with E-state index in [1.54, 1.807) is 31.3 Å². The smallest absolute Gasteiger partial charge is 0.251 e. The number of halogens is 1. The minimum absolute atomic E-state index is 0.192. The van der Waals surface area contributed by atoms with Gasteiger partial charge < -0.3 is 10.1 Å². The van der Waals surface area contributed by atoms with Crippen molar-refractivity contribution in [3.05, 3.63) is 101 Å². The van der Waals surface area contributed by atoms with Gasteiger partial charge in [-0.05, 0) is 74.4 Å². The summed E-state index contributed by atoms with van der Waals surface area (Å²) in [5.74, 6) is 0.373. The van der Waals surface area contributed by atoms with Gasteiger partial charge in [0.2, 0.25) is 5.95 Å². The largest absolute Gasteiger partial charge is 0.456 e. The van der Waals surface area contributed by atoms with Crippen LogP contribution in [0.1, 0.15) is 32.9 Å². The number of carbonyl (C=O) groups is 1. The first-order valence-electron chi connectivity index (χ1n) is 11.9. The Morgan fingerprint density at radius 2 is 1.89 bits per heavy atom. The summed E-state index contributed by atoms with van der Waals surface area (Å²) < 4.78 is 21.7. The second-order valence-corrected chi connectivity index (χ2v) is 8.96. The van der Waals surface area contributed by atoms with Gasteiger partial charge in [-0.2, -0.15) is 9.49 Å². The van der Waals surface area contributed by atoms with E-state index in [1.165, 1.54) is 6.07 Å². The molecule has 0 saturated heterocycles. The lowest BCUT2D eigenvalue weighted by atomic mass is 10.0. The number of aromatic nitrogens is 4. The Morgan fingerprint density at radius 1 is 1.05 bits per heavy atom. The highest BCUT2D eigenvalue weighted by Gasteiger charge is 2.15. The zero-order valence-corrected chi connectivity index (χ0v) is 21.0. The molecular formula is C29H26FN5O2. The number of carbonyl (C=O) groups excluding carboxylic acids is 1. The molecule has 0 fully saturated rings. The topological polar surface area (TPSA) is 81.9 Å². The first kappa shape index (κ1) is 24.1. The first-order valence-corrected chi connectivity index (χ1v) is 11.9. The summed E-state index contributed by atoms with van der Waals surface area (Å²) in [6, 6.07) is 16.2. The van der Waals surface area contributed by atoms with Crippen LogP contribution in [0.5, 0.6) is 11.5 Å². The molecule has 37 heavy (non-hydrogen) atoms. The molecule has 0 atom stereocenters. The fourth-order valence-corrected chi connectivity index (χ4v) is 4.33. The molecule has 5 aromatic rings. The molecular weight excluding hydrogens is 469 g/mol. The number of hydrogen-bond donors (Lipinski definition) is 1. The van der Waals surface area contributed by atoms with Crippen LogP contribution in [0, 0.1) is 26.7 Å². The van der Waals surface area contributed by atoms with Gasteiger partial charge in [0.1, 0.15) is 11.5 Å². The number of pyridine rings is 2. The normalized spacial score (nSPS) is 11.1. The maximum atomic E-state index is 13.6. The lowest BCUT2D eigenvalue weighted by Crippen LogP contribution is -2.24. The molecule has 0 aliphatic heterocycles. The van der Waals surface area contributed by atoms with Gasteiger partial charge in [-0.25, -0.2) is 4.98 Å². The van der Waals surface area contributed by atoms with Crippen molar-refractivity contribution in [3.63, 3.8) is 0 Å². The van der Waals surface area contributed by atoms with Crippen LogP contribution in [0.3, 0.4) is 0 Å². The summed E-state index contributed by atoms with van der Waals surface area (Å²) >= 11 is 0. The number of ether oxygens (including phenoxy) is 1. The number of benzene rings is 2. The summed E-state index contributed by atoms with van der Waals surface area (Å²) in [4.78, 5) is 21.2. The zero-order chi connectivity index (χ0) is 26.1. The van der Waals surface area contributed by atoms with Gasteiger partial charge in [-0.3, -0.25) is 14.5 Å². The average Bonchev–Trinajstić information content (AvgIpc) is 3.21.